The van der Waals surface area contributed by atoms with E-state index in [1.807, 2.05) is 10.7 Å². The molecule has 6 rings (SSSR count). The molecule has 1 atom stereocenters. The van der Waals surface area contributed by atoms with Crippen molar-refractivity contribution < 1.29 is 0 Å². The Bertz CT molecular complexity index is 1210. The highest BCUT2D eigenvalue weighted by atomic mass is 15.5. The van der Waals surface area contributed by atoms with Crippen LogP contribution in [0.1, 0.15) is 48.7 Å². The number of rotatable bonds is 7. The van der Waals surface area contributed by atoms with Crippen molar-refractivity contribution in [2.75, 3.05) is 26.2 Å². The quantitative estimate of drug-likeness (QED) is 0.409. The second-order valence-corrected chi connectivity index (χ2v) is 9.78. The minimum atomic E-state index is 0.00515. The summed E-state index contributed by atoms with van der Waals surface area (Å²) >= 11 is 0. The van der Waals surface area contributed by atoms with E-state index in [0.29, 0.717) is 6.54 Å². The first-order chi connectivity index (χ1) is 17.3. The maximum absolute atomic E-state index is 4.61. The van der Waals surface area contributed by atoms with Crippen molar-refractivity contribution in [1.29, 1.82) is 0 Å². The summed E-state index contributed by atoms with van der Waals surface area (Å²) in [6.45, 7) is 5.02. The van der Waals surface area contributed by atoms with Crippen LogP contribution < -0.4 is 0 Å². The molecule has 7 heteroatoms. The summed E-state index contributed by atoms with van der Waals surface area (Å²) in [5.74, 6) is 0.913. The molecule has 7 nitrogen and oxygen atoms in total. The highest BCUT2D eigenvalue weighted by Gasteiger charge is 2.32. The number of hydrogen-bond acceptors (Lipinski definition) is 5. The van der Waals surface area contributed by atoms with Crippen LogP contribution in [0.3, 0.4) is 0 Å². The van der Waals surface area contributed by atoms with Crippen LogP contribution in [0.5, 0.6) is 0 Å². The third-order valence-electron chi connectivity index (χ3n) is 7.59. The summed E-state index contributed by atoms with van der Waals surface area (Å²) < 4.78 is 4.14. The van der Waals surface area contributed by atoms with Crippen molar-refractivity contribution in [1.82, 2.24) is 34.6 Å². The van der Waals surface area contributed by atoms with E-state index in [1.54, 1.807) is 0 Å². The molecule has 2 aromatic heterocycles. The lowest BCUT2D eigenvalue weighted by atomic mass is 9.91. The van der Waals surface area contributed by atoms with E-state index in [0.717, 1.165) is 37.2 Å². The van der Waals surface area contributed by atoms with Gasteiger partial charge in [0.25, 0.3) is 0 Å². The van der Waals surface area contributed by atoms with E-state index in [9.17, 15) is 0 Å². The molecule has 1 unspecified atom stereocenters. The largest absolute Gasteiger partial charge is 0.324 e. The van der Waals surface area contributed by atoms with Gasteiger partial charge >= 0.3 is 0 Å². The molecule has 0 bridgehead atoms. The van der Waals surface area contributed by atoms with E-state index < -0.39 is 0 Å². The molecule has 0 amide bonds. The zero-order valence-corrected chi connectivity index (χ0v) is 20.2. The molecule has 2 fully saturated rings. The summed E-state index contributed by atoms with van der Waals surface area (Å²) in [5, 5.41) is 13.2. The number of aromatic nitrogens is 5. The number of benzene rings is 2. The minimum Gasteiger partial charge on any atom is -0.324 e. The topological polar surface area (TPSA) is 55.0 Å². The molecule has 2 aromatic carbocycles. The molecule has 1 aliphatic carbocycles. The molecule has 2 aliphatic rings. The van der Waals surface area contributed by atoms with Gasteiger partial charge in [0.15, 0.2) is 5.82 Å². The Morgan fingerprint density at radius 2 is 1.69 bits per heavy atom. The van der Waals surface area contributed by atoms with Crippen molar-refractivity contribution in [2.24, 2.45) is 0 Å². The lowest BCUT2D eigenvalue weighted by molar-refractivity contribution is 0.127. The highest BCUT2D eigenvalue weighted by Crippen LogP contribution is 2.31. The van der Waals surface area contributed by atoms with Crippen molar-refractivity contribution in [2.45, 2.75) is 44.3 Å². The lowest BCUT2D eigenvalue weighted by Crippen LogP contribution is -2.42. The third-order valence-corrected chi connectivity index (χ3v) is 7.59. The Hall–Kier alpha value is -3.29. The SMILES string of the molecule is c1ccc(Cn2nnnc2C(c2cccc(-n3cccc3)c2)N2CCCN(C3CCC3)CC2)cc1. The van der Waals surface area contributed by atoms with Crippen LogP contribution in [0, 0.1) is 0 Å². The fraction of sp³-hybridized carbons (Fsp3) is 0.393. The van der Waals surface area contributed by atoms with E-state index in [4.69, 9.17) is 0 Å². The average molecular weight is 468 g/mol. The van der Waals surface area contributed by atoms with Gasteiger partial charge in [0, 0.05) is 43.8 Å². The molecule has 1 saturated heterocycles. The first-order valence-electron chi connectivity index (χ1n) is 12.9. The van der Waals surface area contributed by atoms with Crippen LogP contribution in [0.15, 0.2) is 79.1 Å². The molecular formula is C28H33N7. The molecule has 0 spiro atoms. The summed E-state index contributed by atoms with van der Waals surface area (Å²) in [5.41, 5.74) is 3.59. The Morgan fingerprint density at radius 3 is 2.49 bits per heavy atom. The first-order valence-corrected chi connectivity index (χ1v) is 12.9. The van der Waals surface area contributed by atoms with Gasteiger partial charge in [-0.3, -0.25) is 9.80 Å². The molecule has 0 radical (unpaired) electrons. The van der Waals surface area contributed by atoms with Crippen molar-refractivity contribution in [3.8, 4) is 5.69 Å². The number of nitrogens with zero attached hydrogens (tertiary/aromatic N) is 7. The maximum atomic E-state index is 4.61. The standard InChI is InChI=1S/C28H33N7/c1-2-9-23(10-3-1)22-35-28(29-30-31-35)27(24-11-6-14-26(21-24)32-15-4-5-16-32)34-18-8-17-33(19-20-34)25-12-7-13-25/h1-6,9-11,14-16,21,25,27H,7-8,12-13,17-20,22H2. The average Bonchev–Trinajstić information content (AvgIpc) is 3.50. The van der Waals surface area contributed by atoms with Crippen LogP contribution in [0.25, 0.3) is 5.69 Å². The first kappa shape index (κ1) is 22.2. The number of tetrazole rings is 1. The van der Waals surface area contributed by atoms with Gasteiger partial charge in [-0.05, 0) is 71.6 Å². The van der Waals surface area contributed by atoms with Crippen LogP contribution in [-0.4, -0.2) is 66.8 Å². The predicted octanol–water partition coefficient (Wildman–Crippen LogP) is 4.16. The Morgan fingerprint density at radius 1 is 0.829 bits per heavy atom. The molecule has 1 aliphatic heterocycles. The summed E-state index contributed by atoms with van der Waals surface area (Å²) in [4.78, 5) is 5.31. The third kappa shape index (κ3) is 4.79. The van der Waals surface area contributed by atoms with Gasteiger partial charge in [0.05, 0.1) is 12.6 Å². The summed E-state index contributed by atoms with van der Waals surface area (Å²) in [6, 6.07) is 24.2. The van der Waals surface area contributed by atoms with Crippen molar-refractivity contribution in [3.63, 3.8) is 0 Å². The minimum absolute atomic E-state index is 0.00515. The van der Waals surface area contributed by atoms with E-state index >= 15 is 0 Å². The fourth-order valence-corrected chi connectivity index (χ4v) is 5.49. The van der Waals surface area contributed by atoms with E-state index in [2.05, 4.69) is 103 Å². The van der Waals surface area contributed by atoms with Crippen molar-refractivity contribution in [3.05, 3.63) is 96.1 Å². The Labute approximate surface area is 207 Å². The van der Waals surface area contributed by atoms with Crippen molar-refractivity contribution >= 4 is 0 Å². The molecule has 4 aromatic rings. The zero-order chi connectivity index (χ0) is 23.5. The second kappa shape index (κ2) is 10.1. The van der Waals surface area contributed by atoms with Gasteiger partial charge in [-0.15, -0.1) is 5.10 Å². The molecule has 3 heterocycles. The monoisotopic (exact) mass is 467 g/mol. The van der Waals surface area contributed by atoms with Gasteiger partial charge in [0.2, 0.25) is 0 Å². The van der Waals surface area contributed by atoms with Gasteiger partial charge in [-0.25, -0.2) is 4.68 Å². The van der Waals surface area contributed by atoms with Gasteiger partial charge in [-0.2, -0.15) is 0 Å². The number of hydrogen-bond donors (Lipinski definition) is 0. The maximum Gasteiger partial charge on any atom is 0.173 e. The lowest BCUT2D eigenvalue weighted by Gasteiger charge is -2.37. The Kier molecular flexibility index (Phi) is 6.43. The summed E-state index contributed by atoms with van der Waals surface area (Å²) in [7, 11) is 0. The van der Waals surface area contributed by atoms with E-state index in [-0.39, 0.29) is 6.04 Å². The molecular weight excluding hydrogens is 434 g/mol. The smallest absolute Gasteiger partial charge is 0.173 e. The fourth-order valence-electron chi connectivity index (χ4n) is 5.49. The molecule has 0 N–H and O–H groups in total. The normalized spacial score (nSPS) is 18.7. The second-order valence-electron chi connectivity index (χ2n) is 9.78. The van der Waals surface area contributed by atoms with Crippen LogP contribution in [0.2, 0.25) is 0 Å². The summed E-state index contributed by atoms with van der Waals surface area (Å²) in [6.07, 6.45) is 9.46. The van der Waals surface area contributed by atoms with E-state index in [1.165, 1.54) is 43.4 Å². The molecule has 180 valence electrons. The Balaban J connectivity index is 1.35. The van der Waals surface area contributed by atoms with Crippen LogP contribution in [0.4, 0.5) is 0 Å². The van der Waals surface area contributed by atoms with Gasteiger partial charge in [-0.1, -0.05) is 48.9 Å². The highest BCUT2D eigenvalue weighted by molar-refractivity contribution is 5.39. The van der Waals surface area contributed by atoms with Gasteiger partial charge < -0.3 is 4.57 Å². The molecule has 35 heavy (non-hydrogen) atoms. The molecule has 1 saturated carbocycles. The van der Waals surface area contributed by atoms with Gasteiger partial charge in [0.1, 0.15) is 0 Å². The predicted molar refractivity (Wildman–Crippen MR) is 136 cm³/mol. The van der Waals surface area contributed by atoms with Crippen LogP contribution in [-0.2, 0) is 6.54 Å². The zero-order valence-electron chi connectivity index (χ0n) is 20.2. The van der Waals surface area contributed by atoms with Crippen LogP contribution >= 0.6 is 0 Å².